The van der Waals surface area contributed by atoms with Crippen molar-refractivity contribution in [3.8, 4) is 0 Å². The second-order valence-corrected chi connectivity index (χ2v) is 6.31. The molecule has 0 aromatic heterocycles. The van der Waals surface area contributed by atoms with E-state index in [1.807, 2.05) is 20.0 Å². The third kappa shape index (κ3) is 4.82. The number of carbonyl (C=O) groups excluding carboxylic acids is 1. The molecule has 1 saturated heterocycles. The molecular formula is C18H28N2O2. The minimum atomic E-state index is -0.132. The molecule has 0 bridgehead atoms. The van der Waals surface area contributed by atoms with Gasteiger partial charge in [0.2, 0.25) is 5.91 Å². The quantitative estimate of drug-likeness (QED) is 0.841. The zero-order chi connectivity index (χ0) is 15.9. The summed E-state index contributed by atoms with van der Waals surface area (Å²) in [4.78, 5) is 14.4. The Balaban J connectivity index is 1.77. The van der Waals surface area contributed by atoms with E-state index in [2.05, 4.69) is 41.4 Å². The highest BCUT2D eigenvalue weighted by molar-refractivity contribution is 5.81. The van der Waals surface area contributed by atoms with E-state index >= 15 is 0 Å². The van der Waals surface area contributed by atoms with Crippen molar-refractivity contribution in [1.82, 2.24) is 10.2 Å². The van der Waals surface area contributed by atoms with Gasteiger partial charge in [-0.25, -0.2) is 0 Å². The number of benzene rings is 1. The largest absolute Gasteiger partial charge is 0.376 e. The van der Waals surface area contributed by atoms with Crippen LogP contribution < -0.4 is 5.32 Å². The van der Waals surface area contributed by atoms with Crippen LogP contribution in [0.1, 0.15) is 38.2 Å². The van der Waals surface area contributed by atoms with Gasteiger partial charge in [-0.1, -0.05) is 37.3 Å². The van der Waals surface area contributed by atoms with Gasteiger partial charge in [-0.3, -0.25) is 9.69 Å². The molecule has 1 aliphatic heterocycles. The highest BCUT2D eigenvalue weighted by Crippen LogP contribution is 2.16. The molecule has 1 aromatic rings. The smallest absolute Gasteiger partial charge is 0.237 e. The van der Waals surface area contributed by atoms with Crippen LogP contribution in [0.5, 0.6) is 0 Å². The van der Waals surface area contributed by atoms with Gasteiger partial charge >= 0.3 is 0 Å². The molecule has 3 atom stereocenters. The zero-order valence-electron chi connectivity index (χ0n) is 13.9. The standard InChI is InChI=1S/C18H28N2O2/c1-14(16-8-5-4-6-9-16)13-20(3)15(2)18(21)19-12-17-10-7-11-22-17/h4-6,8-9,14-15,17H,7,10-13H2,1-3H3,(H,19,21)/t14-,15-,17+/m1/s1. The average Bonchev–Trinajstić information content (AvgIpc) is 3.06. The second kappa shape index (κ2) is 8.30. The van der Waals surface area contributed by atoms with E-state index in [0.717, 1.165) is 26.0 Å². The first kappa shape index (κ1) is 17.0. The molecule has 122 valence electrons. The van der Waals surface area contributed by atoms with Crippen molar-refractivity contribution in [3.63, 3.8) is 0 Å². The van der Waals surface area contributed by atoms with Gasteiger partial charge in [0, 0.05) is 19.7 Å². The number of hydrogen-bond acceptors (Lipinski definition) is 3. The third-order valence-electron chi connectivity index (χ3n) is 4.50. The van der Waals surface area contributed by atoms with Crippen molar-refractivity contribution in [3.05, 3.63) is 35.9 Å². The molecule has 0 aliphatic carbocycles. The molecule has 22 heavy (non-hydrogen) atoms. The van der Waals surface area contributed by atoms with E-state index in [-0.39, 0.29) is 18.1 Å². The summed E-state index contributed by atoms with van der Waals surface area (Å²) >= 11 is 0. The summed E-state index contributed by atoms with van der Waals surface area (Å²) < 4.78 is 5.54. The number of rotatable bonds is 7. The van der Waals surface area contributed by atoms with Crippen molar-refractivity contribution in [2.45, 2.75) is 44.8 Å². The van der Waals surface area contributed by atoms with Crippen LogP contribution in [0.25, 0.3) is 0 Å². The average molecular weight is 304 g/mol. The zero-order valence-corrected chi connectivity index (χ0v) is 13.9. The maximum atomic E-state index is 12.3. The summed E-state index contributed by atoms with van der Waals surface area (Å²) in [6, 6.07) is 10.3. The number of nitrogens with one attached hydrogen (secondary N) is 1. The van der Waals surface area contributed by atoms with Crippen molar-refractivity contribution in [1.29, 1.82) is 0 Å². The van der Waals surface area contributed by atoms with Gasteiger partial charge in [-0.05, 0) is 38.3 Å². The maximum absolute atomic E-state index is 12.3. The number of carbonyl (C=O) groups is 1. The SMILES string of the molecule is C[C@H](CN(C)[C@H](C)C(=O)NC[C@@H]1CCCO1)c1ccccc1. The first-order chi connectivity index (χ1) is 10.6. The number of hydrogen-bond donors (Lipinski definition) is 1. The summed E-state index contributed by atoms with van der Waals surface area (Å²) in [7, 11) is 2.01. The van der Waals surface area contributed by atoms with Gasteiger partial charge < -0.3 is 10.1 Å². The van der Waals surface area contributed by atoms with Gasteiger partial charge in [0.05, 0.1) is 12.1 Å². The fraction of sp³-hybridized carbons (Fsp3) is 0.611. The Labute approximate surface area is 133 Å². The molecule has 2 rings (SSSR count). The fourth-order valence-corrected chi connectivity index (χ4v) is 2.84. The van der Waals surface area contributed by atoms with Crippen LogP contribution in [0.4, 0.5) is 0 Å². The molecule has 0 unspecified atom stereocenters. The van der Waals surface area contributed by atoms with Crippen LogP contribution in [0.15, 0.2) is 30.3 Å². The van der Waals surface area contributed by atoms with Crippen LogP contribution >= 0.6 is 0 Å². The molecule has 4 nitrogen and oxygen atoms in total. The van der Waals surface area contributed by atoms with Gasteiger partial charge in [-0.15, -0.1) is 0 Å². The van der Waals surface area contributed by atoms with Crippen LogP contribution in [0.3, 0.4) is 0 Å². The topological polar surface area (TPSA) is 41.6 Å². The van der Waals surface area contributed by atoms with Crippen LogP contribution in [-0.2, 0) is 9.53 Å². The maximum Gasteiger partial charge on any atom is 0.237 e. The predicted molar refractivity (Wildman–Crippen MR) is 88.9 cm³/mol. The van der Waals surface area contributed by atoms with Gasteiger partial charge in [0.15, 0.2) is 0 Å². The molecule has 1 amide bonds. The fourth-order valence-electron chi connectivity index (χ4n) is 2.84. The normalized spacial score (nSPS) is 20.8. The first-order valence-electron chi connectivity index (χ1n) is 8.22. The molecule has 1 aliphatic rings. The van der Waals surface area contributed by atoms with Crippen LogP contribution in [0.2, 0.25) is 0 Å². The monoisotopic (exact) mass is 304 g/mol. The molecule has 1 N–H and O–H groups in total. The molecular weight excluding hydrogens is 276 g/mol. The summed E-state index contributed by atoms with van der Waals surface area (Å²) in [5, 5.41) is 3.01. The Morgan fingerprint density at radius 2 is 2.09 bits per heavy atom. The summed E-state index contributed by atoms with van der Waals surface area (Å²) in [5.74, 6) is 0.484. The van der Waals surface area contributed by atoms with E-state index in [9.17, 15) is 4.79 Å². The summed E-state index contributed by atoms with van der Waals surface area (Å²) in [6.07, 6.45) is 2.35. The van der Waals surface area contributed by atoms with Crippen molar-refractivity contribution < 1.29 is 9.53 Å². The van der Waals surface area contributed by atoms with Crippen LogP contribution in [0, 0.1) is 0 Å². The number of nitrogens with zero attached hydrogens (tertiary/aromatic N) is 1. The van der Waals surface area contributed by atoms with Crippen molar-refractivity contribution in [2.75, 3.05) is 26.7 Å². The van der Waals surface area contributed by atoms with Crippen molar-refractivity contribution in [2.24, 2.45) is 0 Å². The predicted octanol–water partition coefficient (Wildman–Crippen LogP) is 2.41. The van der Waals surface area contributed by atoms with E-state index in [1.165, 1.54) is 5.56 Å². The number of amides is 1. The minimum Gasteiger partial charge on any atom is -0.376 e. The highest BCUT2D eigenvalue weighted by atomic mass is 16.5. The highest BCUT2D eigenvalue weighted by Gasteiger charge is 2.22. The number of likely N-dealkylation sites (N-methyl/N-ethyl adjacent to an activating group) is 1. The van der Waals surface area contributed by atoms with E-state index in [0.29, 0.717) is 12.5 Å². The molecule has 1 heterocycles. The third-order valence-corrected chi connectivity index (χ3v) is 4.50. The lowest BCUT2D eigenvalue weighted by Gasteiger charge is -2.27. The van der Waals surface area contributed by atoms with Gasteiger partial charge in [0.1, 0.15) is 0 Å². The molecule has 0 radical (unpaired) electrons. The molecule has 0 spiro atoms. The van der Waals surface area contributed by atoms with Crippen molar-refractivity contribution >= 4 is 5.91 Å². The first-order valence-corrected chi connectivity index (χ1v) is 8.22. The Morgan fingerprint density at radius 1 is 1.36 bits per heavy atom. The van der Waals surface area contributed by atoms with Crippen LogP contribution in [-0.4, -0.2) is 49.7 Å². The second-order valence-electron chi connectivity index (χ2n) is 6.31. The lowest BCUT2D eigenvalue weighted by Crippen LogP contribution is -2.46. The Hall–Kier alpha value is -1.39. The van der Waals surface area contributed by atoms with Gasteiger partial charge in [-0.2, -0.15) is 0 Å². The number of ether oxygens (including phenoxy) is 1. The van der Waals surface area contributed by atoms with Gasteiger partial charge in [0.25, 0.3) is 0 Å². The lowest BCUT2D eigenvalue weighted by atomic mass is 10.0. The minimum absolute atomic E-state index is 0.0817. The molecule has 0 saturated carbocycles. The Kier molecular flexibility index (Phi) is 6.40. The molecule has 4 heteroatoms. The Morgan fingerprint density at radius 3 is 2.73 bits per heavy atom. The van der Waals surface area contributed by atoms with E-state index < -0.39 is 0 Å². The Bertz CT molecular complexity index is 457. The molecule has 1 fully saturated rings. The summed E-state index contributed by atoms with van der Waals surface area (Å²) in [5.41, 5.74) is 1.31. The molecule has 1 aromatic carbocycles. The van der Waals surface area contributed by atoms with E-state index in [4.69, 9.17) is 4.74 Å². The van der Waals surface area contributed by atoms with E-state index in [1.54, 1.807) is 0 Å². The lowest BCUT2D eigenvalue weighted by molar-refractivity contribution is -0.126. The summed E-state index contributed by atoms with van der Waals surface area (Å²) in [6.45, 7) is 6.47.